The third-order valence-electron chi connectivity index (χ3n) is 3.28. The molecule has 0 atom stereocenters. The number of carbonyl (C=O) groups excluding carboxylic acids is 1. The number of nitrogens with two attached hydrogens (primary N) is 1. The van der Waals surface area contributed by atoms with Gasteiger partial charge in [0.25, 0.3) is 0 Å². The maximum absolute atomic E-state index is 11.4. The van der Waals surface area contributed by atoms with Crippen LogP contribution >= 0.6 is 0 Å². The van der Waals surface area contributed by atoms with Gasteiger partial charge in [0, 0.05) is 6.54 Å². The molecule has 1 fully saturated rings. The van der Waals surface area contributed by atoms with E-state index in [-0.39, 0.29) is 5.97 Å². The molecule has 0 amide bonds. The van der Waals surface area contributed by atoms with Gasteiger partial charge in [-0.15, -0.1) is 0 Å². The summed E-state index contributed by atoms with van der Waals surface area (Å²) in [4.78, 5) is 11.4. The molecule has 98 valence electrons. The number of methoxy groups -OCH3 is 1. The van der Waals surface area contributed by atoms with Crippen molar-refractivity contribution < 1.29 is 9.53 Å². The van der Waals surface area contributed by atoms with E-state index in [0.29, 0.717) is 11.3 Å². The minimum absolute atomic E-state index is 0.337. The summed E-state index contributed by atoms with van der Waals surface area (Å²) >= 11 is 0. The molecule has 1 aliphatic rings. The van der Waals surface area contributed by atoms with Crippen molar-refractivity contribution in [3.8, 4) is 0 Å². The van der Waals surface area contributed by atoms with E-state index in [1.807, 2.05) is 0 Å². The molecule has 18 heavy (non-hydrogen) atoms. The van der Waals surface area contributed by atoms with Crippen LogP contribution in [0.3, 0.4) is 0 Å². The van der Waals surface area contributed by atoms with E-state index in [2.05, 4.69) is 10.1 Å². The van der Waals surface area contributed by atoms with Crippen LogP contribution in [0.15, 0.2) is 18.2 Å². The molecular weight excluding hydrogens is 228 g/mol. The first-order valence-corrected chi connectivity index (χ1v) is 6.42. The number of anilines is 2. The molecule has 0 saturated heterocycles. The number of esters is 1. The predicted molar refractivity (Wildman–Crippen MR) is 72.6 cm³/mol. The van der Waals surface area contributed by atoms with Crippen LogP contribution in [0.1, 0.15) is 36.0 Å². The third kappa shape index (κ3) is 3.39. The van der Waals surface area contributed by atoms with Crippen molar-refractivity contribution in [2.75, 3.05) is 24.7 Å². The fourth-order valence-electron chi connectivity index (χ4n) is 1.97. The van der Waals surface area contributed by atoms with Crippen LogP contribution in [0.25, 0.3) is 0 Å². The molecule has 1 aromatic carbocycles. The molecule has 0 bridgehead atoms. The smallest absolute Gasteiger partial charge is 0.337 e. The third-order valence-corrected chi connectivity index (χ3v) is 3.28. The molecule has 0 aliphatic heterocycles. The van der Waals surface area contributed by atoms with E-state index in [4.69, 9.17) is 5.73 Å². The van der Waals surface area contributed by atoms with Crippen LogP contribution in [0.2, 0.25) is 0 Å². The van der Waals surface area contributed by atoms with Crippen molar-refractivity contribution in [3.63, 3.8) is 0 Å². The summed E-state index contributed by atoms with van der Waals surface area (Å²) in [5.41, 5.74) is 7.87. The Morgan fingerprint density at radius 1 is 1.50 bits per heavy atom. The van der Waals surface area contributed by atoms with Gasteiger partial charge < -0.3 is 15.8 Å². The molecule has 0 unspecified atom stereocenters. The van der Waals surface area contributed by atoms with Crippen LogP contribution in [0.5, 0.6) is 0 Å². The van der Waals surface area contributed by atoms with E-state index in [1.54, 1.807) is 18.2 Å². The Labute approximate surface area is 108 Å². The molecule has 4 nitrogen and oxygen atoms in total. The highest BCUT2D eigenvalue weighted by Gasteiger charge is 2.20. The fraction of sp³-hybridized carbons (Fsp3) is 0.500. The summed E-state index contributed by atoms with van der Waals surface area (Å²) in [6.07, 6.45) is 5.20. The lowest BCUT2D eigenvalue weighted by molar-refractivity contribution is 0.0601. The number of nitrogens with one attached hydrogen (secondary N) is 1. The molecule has 0 heterocycles. The molecule has 3 N–H and O–H groups in total. The van der Waals surface area contributed by atoms with Crippen molar-refractivity contribution >= 4 is 17.3 Å². The van der Waals surface area contributed by atoms with Crippen molar-refractivity contribution in [1.82, 2.24) is 0 Å². The Kier molecular flexibility index (Phi) is 4.07. The molecule has 4 heteroatoms. The molecule has 0 aromatic heterocycles. The monoisotopic (exact) mass is 248 g/mol. The number of rotatable bonds is 6. The lowest BCUT2D eigenvalue weighted by Gasteiger charge is -2.10. The summed E-state index contributed by atoms with van der Waals surface area (Å²) in [6.45, 7) is 0.894. The highest BCUT2D eigenvalue weighted by Crippen LogP contribution is 2.33. The minimum Gasteiger partial charge on any atom is -0.465 e. The molecule has 0 radical (unpaired) electrons. The standard InChI is InChI=1S/C14H20N2O2/c1-18-14(17)11-6-7-12(15)13(9-11)16-8-2-3-10-4-5-10/h6-7,9-10,16H,2-5,8,15H2,1H3. The topological polar surface area (TPSA) is 64.3 Å². The number of hydrogen-bond acceptors (Lipinski definition) is 4. The summed E-state index contributed by atoms with van der Waals surface area (Å²) < 4.78 is 4.69. The second kappa shape index (κ2) is 5.76. The lowest BCUT2D eigenvalue weighted by Crippen LogP contribution is -2.07. The van der Waals surface area contributed by atoms with Gasteiger partial charge in [-0.3, -0.25) is 0 Å². The van der Waals surface area contributed by atoms with Gasteiger partial charge in [0.2, 0.25) is 0 Å². The maximum Gasteiger partial charge on any atom is 0.337 e. The summed E-state index contributed by atoms with van der Waals surface area (Å²) in [5, 5.41) is 3.28. The van der Waals surface area contributed by atoms with Crippen molar-refractivity contribution in [2.24, 2.45) is 5.92 Å². The lowest BCUT2D eigenvalue weighted by atomic mass is 10.1. The average molecular weight is 248 g/mol. The number of benzene rings is 1. The van der Waals surface area contributed by atoms with Crippen molar-refractivity contribution in [3.05, 3.63) is 23.8 Å². The number of nitrogen functional groups attached to an aromatic ring is 1. The molecule has 1 saturated carbocycles. The van der Waals surface area contributed by atoms with Gasteiger partial charge in [-0.1, -0.05) is 12.8 Å². The normalized spacial score (nSPS) is 14.3. The Bertz CT molecular complexity index is 428. The maximum atomic E-state index is 11.4. The van der Waals surface area contributed by atoms with E-state index < -0.39 is 0 Å². The summed E-state index contributed by atoms with van der Waals surface area (Å²) in [5.74, 6) is 0.613. The zero-order valence-corrected chi connectivity index (χ0v) is 10.7. The van der Waals surface area contributed by atoms with Crippen LogP contribution < -0.4 is 11.1 Å². The Morgan fingerprint density at radius 3 is 2.94 bits per heavy atom. The molecular formula is C14H20N2O2. The van der Waals surface area contributed by atoms with Crippen LogP contribution in [-0.2, 0) is 4.74 Å². The van der Waals surface area contributed by atoms with Crippen LogP contribution in [-0.4, -0.2) is 19.6 Å². The first kappa shape index (κ1) is 12.7. The van der Waals surface area contributed by atoms with E-state index in [1.165, 1.54) is 26.4 Å². The van der Waals surface area contributed by atoms with Crippen molar-refractivity contribution in [2.45, 2.75) is 25.7 Å². The SMILES string of the molecule is COC(=O)c1ccc(N)c(NCCCC2CC2)c1. The number of hydrogen-bond donors (Lipinski definition) is 2. The average Bonchev–Trinajstić information content (AvgIpc) is 3.19. The molecule has 0 spiro atoms. The van der Waals surface area contributed by atoms with Gasteiger partial charge in [0.15, 0.2) is 0 Å². The fourth-order valence-corrected chi connectivity index (χ4v) is 1.97. The van der Waals surface area contributed by atoms with Crippen LogP contribution in [0, 0.1) is 5.92 Å². The van der Waals surface area contributed by atoms with Gasteiger partial charge in [-0.2, -0.15) is 0 Å². The van der Waals surface area contributed by atoms with Gasteiger partial charge >= 0.3 is 5.97 Å². The highest BCUT2D eigenvalue weighted by molar-refractivity contribution is 5.91. The minimum atomic E-state index is -0.337. The molecule has 1 aromatic rings. The first-order valence-electron chi connectivity index (χ1n) is 6.42. The summed E-state index contributed by atoms with van der Waals surface area (Å²) in [7, 11) is 1.38. The zero-order chi connectivity index (χ0) is 13.0. The summed E-state index contributed by atoms with van der Waals surface area (Å²) in [6, 6.07) is 5.16. The Morgan fingerprint density at radius 2 is 2.28 bits per heavy atom. The quantitative estimate of drug-likeness (QED) is 0.461. The predicted octanol–water partition coefficient (Wildman–Crippen LogP) is 2.66. The van der Waals surface area contributed by atoms with Crippen molar-refractivity contribution in [1.29, 1.82) is 0 Å². The molecule has 1 aliphatic carbocycles. The Hall–Kier alpha value is -1.71. The number of carbonyl (C=O) groups is 1. The number of ether oxygens (including phenoxy) is 1. The largest absolute Gasteiger partial charge is 0.465 e. The van der Waals surface area contributed by atoms with Gasteiger partial charge in [0.1, 0.15) is 0 Å². The van der Waals surface area contributed by atoms with E-state index >= 15 is 0 Å². The second-order valence-electron chi connectivity index (χ2n) is 4.81. The van der Waals surface area contributed by atoms with Crippen LogP contribution in [0.4, 0.5) is 11.4 Å². The van der Waals surface area contributed by atoms with Gasteiger partial charge in [-0.25, -0.2) is 4.79 Å². The Balaban J connectivity index is 1.90. The highest BCUT2D eigenvalue weighted by atomic mass is 16.5. The van der Waals surface area contributed by atoms with Gasteiger partial charge in [0.05, 0.1) is 24.0 Å². The zero-order valence-electron chi connectivity index (χ0n) is 10.7. The second-order valence-corrected chi connectivity index (χ2v) is 4.81. The van der Waals surface area contributed by atoms with Gasteiger partial charge in [-0.05, 0) is 37.0 Å². The van der Waals surface area contributed by atoms with E-state index in [9.17, 15) is 4.79 Å². The first-order chi connectivity index (χ1) is 8.70. The van der Waals surface area contributed by atoms with E-state index in [0.717, 1.165) is 24.6 Å². The molecule has 2 rings (SSSR count).